The molecule has 0 saturated heterocycles. The third-order valence-corrected chi connectivity index (χ3v) is 3.86. The van der Waals surface area contributed by atoms with E-state index in [-0.39, 0.29) is 32.4 Å². The summed E-state index contributed by atoms with van der Waals surface area (Å²) in [6.45, 7) is 0. The predicted molar refractivity (Wildman–Crippen MR) is 109 cm³/mol. The summed E-state index contributed by atoms with van der Waals surface area (Å²) in [6.07, 6.45) is 2.39. The molecular formula is C16H12N6O4S2. The molecule has 142 valence electrons. The van der Waals surface area contributed by atoms with E-state index in [4.69, 9.17) is 24.4 Å². The average molecular weight is 416 g/mol. The van der Waals surface area contributed by atoms with Gasteiger partial charge in [0.15, 0.2) is 9.54 Å². The summed E-state index contributed by atoms with van der Waals surface area (Å²) in [6, 6.07) is 6.45. The van der Waals surface area contributed by atoms with Crippen molar-refractivity contribution < 1.29 is 10.2 Å². The largest absolute Gasteiger partial charge is 0.494 e. The molecule has 0 amide bonds. The molecule has 2 aromatic heterocycles. The van der Waals surface area contributed by atoms with Gasteiger partial charge in [-0.1, -0.05) is 0 Å². The number of nitrogens with one attached hydrogen (secondary N) is 4. The van der Waals surface area contributed by atoms with Crippen LogP contribution in [0.2, 0.25) is 0 Å². The van der Waals surface area contributed by atoms with Crippen molar-refractivity contribution in [3.63, 3.8) is 0 Å². The number of aromatic amines is 4. The van der Waals surface area contributed by atoms with Crippen molar-refractivity contribution in [2.45, 2.75) is 0 Å². The molecule has 0 fully saturated rings. The van der Waals surface area contributed by atoms with Gasteiger partial charge >= 0.3 is 0 Å². The molecule has 0 aliphatic rings. The van der Waals surface area contributed by atoms with Gasteiger partial charge in [0.1, 0.15) is 11.1 Å². The number of aromatic hydroxyl groups is 2. The molecule has 12 heteroatoms. The normalized spacial score (nSPS) is 11.4. The molecule has 0 aliphatic carbocycles. The maximum Gasteiger partial charge on any atom is 0.264 e. The molecule has 28 heavy (non-hydrogen) atoms. The van der Waals surface area contributed by atoms with E-state index in [1.54, 1.807) is 24.3 Å². The smallest absolute Gasteiger partial charge is 0.264 e. The molecule has 10 nitrogen and oxygen atoms in total. The second-order valence-corrected chi connectivity index (χ2v) is 6.19. The van der Waals surface area contributed by atoms with Crippen molar-refractivity contribution in [1.82, 2.24) is 19.9 Å². The molecule has 0 spiro atoms. The minimum absolute atomic E-state index is 0.00619. The summed E-state index contributed by atoms with van der Waals surface area (Å²) in [7, 11) is 0. The second kappa shape index (κ2) is 7.94. The molecule has 3 rings (SSSR count). The Morgan fingerprint density at radius 2 is 1.07 bits per heavy atom. The standard InChI is InChI=1S/C16H12N6O4S2/c23-11-9(12(24)20-15(27)19-11)5-17-7-1-2-8(4-3-7)18-6-10-13(25)21-16(28)22-14(10)26/h1-6H,(H3,19,20,23,24,27)(H3,21,22,25,26,28). The number of hydrogen-bond donors (Lipinski definition) is 6. The van der Waals surface area contributed by atoms with E-state index >= 15 is 0 Å². The number of aromatic nitrogens is 4. The van der Waals surface area contributed by atoms with Crippen molar-refractivity contribution in [2.24, 2.45) is 9.98 Å². The van der Waals surface area contributed by atoms with E-state index in [1.165, 1.54) is 12.4 Å². The minimum Gasteiger partial charge on any atom is -0.494 e. The highest BCUT2D eigenvalue weighted by Crippen LogP contribution is 2.19. The molecule has 1 aromatic carbocycles. The highest BCUT2D eigenvalue weighted by atomic mass is 32.1. The van der Waals surface area contributed by atoms with E-state index in [2.05, 4.69) is 29.9 Å². The lowest BCUT2D eigenvalue weighted by atomic mass is 10.2. The Kier molecular flexibility index (Phi) is 5.42. The Morgan fingerprint density at radius 3 is 1.39 bits per heavy atom. The van der Waals surface area contributed by atoms with E-state index in [9.17, 15) is 19.8 Å². The SMILES string of the molecule is O=c1[nH]c(=S)[nH]c(O)c1C=Nc1ccc(N=Cc2c(O)[nH]c(=S)[nH]c2=O)cc1. The van der Waals surface area contributed by atoms with Gasteiger partial charge in [-0.05, 0) is 48.7 Å². The summed E-state index contributed by atoms with van der Waals surface area (Å²) in [5.74, 6) is -0.767. The van der Waals surface area contributed by atoms with Crippen LogP contribution >= 0.6 is 24.4 Å². The minimum atomic E-state index is -0.571. The molecule has 0 aliphatic heterocycles. The number of benzene rings is 1. The van der Waals surface area contributed by atoms with Gasteiger partial charge in [0.2, 0.25) is 11.8 Å². The molecular weight excluding hydrogens is 404 g/mol. The van der Waals surface area contributed by atoms with Crippen molar-refractivity contribution in [3.8, 4) is 11.8 Å². The highest BCUT2D eigenvalue weighted by molar-refractivity contribution is 7.71. The lowest BCUT2D eigenvalue weighted by Crippen LogP contribution is -2.13. The maximum atomic E-state index is 11.8. The number of rotatable bonds is 4. The maximum absolute atomic E-state index is 11.8. The first-order valence-electron chi connectivity index (χ1n) is 7.63. The Morgan fingerprint density at radius 1 is 0.714 bits per heavy atom. The third-order valence-electron chi connectivity index (χ3n) is 3.45. The first kappa shape index (κ1) is 19.1. The van der Waals surface area contributed by atoms with Gasteiger partial charge in [0.25, 0.3) is 11.1 Å². The van der Waals surface area contributed by atoms with Crippen molar-refractivity contribution in [2.75, 3.05) is 0 Å². The Hall–Kier alpha value is -3.64. The van der Waals surface area contributed by atoms with Crippen molar-refractivity contribution in [1.29, 1.82) is 0 Å². The van der Waals surface area contributed by atoms with Gasteiger partial charge in [-0.15, -0.1) is 0 Å². The summed E-state index contributed by atoms with van der Waals surface area (Å²) in [5, 5.41) is 19.4. The number of nitrogens with zero attached hydrogens (tertiary/aromatic N) is 2. The lowest BCUT2D eigenvalue weighted by molar-refractivity contribution is 0.448. The van der Waals surface area contributed by atoms with Gasteiger partial charge in [-0.25, -0.2) is 0 Å². The van der Waals surface area contributed by atoms with Crippen LogP contribution in [0.5, 0.6) is 11.8 Å². The van der Waals surface area contributed by atoms with Crippen LogP contribution in [0.1, 0.15) is 11.1 Å². The Bertz CT molecular complexity index is 1210. The lowest BCUT2D eigenvalue weighted by Gasteiger charge is -1.99. The molecule has 2 heterocycles. The average Bonchev–Trinajstić information content (AvgIpc) is 2.61. The summed E-state index contributed by atoms with van der Waals surface area (Å²) < 4.78 is 0.0124. The number of hydrogen-bond acceptors (Lipinski definition) is 8. The van der Waals surface area contributed by atoms with Crippen LogP contribution in [0.4, 0.5) is 11.4 Å². The number of aliphatic imine (C=N–C) groups is 2. The molecule has 0 atom stereocenters. The molecule has 0 saturated carbocycles. The second-order valence-electron chi connectivity index (χ2n) is 5.37. The number of H-pyrrole nitrogens is 4. The van der Waals surface area contributed by atoms with Gasteiger partial charge in [-0.2, -0.15) is 0 Å². The highest BCUT2D eigenvalue weighted by Gasteiger charge is 2.05. The zero-order chi connectivity index (χ0) is 20.3. The van der Waals surface area contributed by atoms with Gasteiger partial charge in [-0.3, -0.25) is 29.5 Å². The fourth-order valence-corrected chi connectivity index (χ4v) is 2.49. The van der Waals surface area contributed by atoms with Crippen molar-refractivity contribution >= 4 is 48.2 Å². The van der Waals surface area contributed by atoms with E-state index in [1.807, 2.05) is 0 Å². The molecule has 0 radical (unpaired) electrons. The zero-order valence-electron chi connectivity index (χ0n) is 13.9. The molecule has 6 N–H and O–H groups in total. The predicted octanol–water partition coefficient (Wildman–Crippen LogP) is 2.09. The molecule has 0 unspecified atom stereocenters. The van der Waals surface area contributed by atoms with Crippen LogP contribution in [0, 0.1) is 9.54 Å². The van der Waals surface area contributed by atoms with Crippen LogP contribution in [0.15, 0.2) is 43.8 Å². The Balaban J connectivity index is 1.81. The van der Waals surface area contributed by atoms with Crippen molar-refractivity contribution in [3.05, 3.63) is 65.6 Å². The Labute approximate surface area is 166 Å². The van der Waals surface area contributed by atoms with E-state index < -0.39 is 11.1 Å². The quantitative estimate of drug-likeness (QED) is 0.282. The van der Waals surface area contributed by atoms with E-state index in [0.29, 0.717) is 11.4 Å². The van der Waals surface area contributed by atoms with Gasteiger partial charge in [0.05, 0.1) is 11.4 Å². The topological polar surface area (TPSA) is 162 Å². The molecule has 3 aromatic rings. The van der Waals surface area contributed by atoms with Crippen LogP contribution in [0.3, 0.4) is 0 Å². The fourth-order valence-electron chi connectivity index (χ4n) is 2.11. The summed E-state index contributed by atoms with van der Waals surface area (Å²) >= 11 is 9.50. The van der Waals surface area contributed by atoms with E-state index in [0.717, 1.165) is 0 Å². The summed E-state index contributed by atoms with van der Waals surface area (Å²) in [4.78, 5) is 41.3. The van der Waals surface area contributed by atoms with Crippen LogP contribution in [-0.2, 0) is 0 Å². The first-order valence-corrected chi connectivity index (χ1v) is 8.44. The molecule has 0 bridgehead atoms. The van der Waals surface area contributed by atoms with Gasteiger partial charge in [0, 0.05) is 12.4 Å². The first-order chi connectivity index (χ1) is 13.3. The van der Waals surface area contributed by atoms with Gasteiger partial charge < -0.3 is 20.2 Å². The monoisotopic (exact) mass is 416 g/mol. The summed E-state index contributed by atoms with van der Waals surface area (Å²) in [5.41, 5.74) is -0.288. The van der Waals surface area contributed by atoms with Crippen LogP contribution < -0.4 is 11.1 Å². The fraction of sp³-hybridized carbons (Fsp3) is 0. The zero-order valence-corrected chi connectivity index (χ0v) is 15.5. The van der Waals surface area contributed by atoms with Crippen LogP contribution in [-0.4, -0.2) is 42.6 Å². The third kappa shape index (κ3) is 4.36. The van der Waals surface area contributed by atoms with Crippen LogP contribution in [0.25, 0.3) is 0 Å².